The van der Waals surface area contributed by atoms with Crippen molar-refractivity contribution in [2.45, 2.75) is 77.3 Å². The van der Waals surface area contributed by atoms with Gasteiger partial charge in [0.1, 0.15) is 0 Å². The summed E-state index contributed by atoms with van der Waals surface area (Å²) in [6.45, 7) is 14.8. The SMILES string of the molecule is CC(C)C(C)(C)[Si](C)(C)OC[C@H]1[C@@H](Cc2ccccc2/C=C/C(=O)O)[C@@H]2CC[C@H]1O2. The largest absolute Gasteiger partial charge is 0.478 e. The van der Waals surface area contributed by atoms with Gasteiger partial charge in [0.05, 0.1) is 12.2 Å². The van der Waals surface area contributed by atoms with Gasteiger partial charge in [0, 0.05) is 18.6 Å². The third-order valence-corrected chi connectivity index (χ3v) is 12.7. The van der Waals surface area contributed by atoms with Crippen LogP contribution in [-0.2, 0) is 20.4 Å². The molecule has 1 N–H and O–H groups in total. The smallest absolute Gasteiger partial charge is 0.328 e. The lowest BCUT2D eigenvalue weighted by Crippen LogP contribution is -2.47. The molecule has 2 bridgehead atoms. The van der Waals surface area contributed by atoms with Crippen molar-refractivity contribution in [1.82, 2.24) is 0 Å². The van der Waals surface area contributed by atoms with E-state index < -0.39 is 14.3 Å². The summed E-state index contributed by atoms with van der Waals surface area (Å²) in [7, 11) is -1.88. The van der Waals surface area contributed by atoms with Crippen molar-refractivity contribution < 1.29 is 19.1 Å². The summed E-state index contributed by atoms with van der Waals surface area (Å²) in [4.78, 5) is 11.0. The molecule has 30 heavy (non-hydrogen) atoms. The lowest BCUT2D eigenvalue weighted by Gasteiger charge is -2.43. The summed E-state index contributed by atoms with van der Waals surface area (Å²) in [6, 6.07) is 8.11. The molecule has 2 aliphatic rings. The Labute approximate surface area is 182 Å². The minimum atomic E-state index is -1.88. The first kappa shape index (κ1) is 23.2. The van der Waals surface area contributed by atoms with E-state index in [9.17, 15) is 4.79 Å². The predicted octanol–water partition coefficient (Wildman–Crippen LogP) is 5.78. The fourth-order valence-electron chi connectivity index (χ4n) is 4.87. The van der Waals surface area contributed by atoms with Crippen LogP contribution in [0.25, 0.3) is 6.08 Å². The van der Waals surface area contributed by atoms with Crippen molar-refractivity contribution in [2.75, 3.05) is 6.61 Å². The first-order valence-corrected chi connectivity index (χ1v) is 14.2. The molecule has 2 aliphatic heterocycles. The van der Waals surface area contributed by atoms with Gasteiger partial charge in [-0.25, -0.2) is 4.79 Å². The molecule has 0 aromatic heterocycles. The Morgan fingerprint density at radius 3 is 2.50 bits per heavy atom. The van der Waals surface area contributed by atoms with E-state index in [2.05, 4.69) is 46.9 Å². The summed E-state index contributed by atoms with van der Waals surface area (Å²) in [5, 5.41) is 9.21. The van der Waals surface area contributed by atoms with Crippen LogP contribution in [0.15, 0.2) is 30.3 Å². The van der Waals surface area contributed by atoms with Crippen LogP contribution < -0.4 is 0 Å². The first-order valence-electron chi connectivity index (χ1n) is 11.3. The maximum Gasteiger partial charge on any atom is 0.328 e. The molecule has 4 atom stereocenters. The third kappa shape index (κ3) is 4.73. The van der Waals surface area contributed by atoms with Gasteiger partial charge in [-0.3, -0.25) is 0 Å². The number of ether oxygens (including phenoxy) is 1. The summed E-state index contributed by atoms with van der Waals surface area (Å²) in [5.41, 5.74) is 2.18. The fourth-order valence-corrected chi connectivity index (χ4v) is 7.24. The number of fused-ring (bicyclic) bond motifs is 2. The van der Waals surface area contributed by atoms with E-state index in [4.69, 9.17) is 14.3 Å². The van der Waals surface area contributed by atoms with Gasteiger partial charge in [-0.2, -0.15) is 0 Å². The second-order valence-electron chi connectivity index (χ2n) is 10.4. The third-order valence-electron chi connectivity index (χ3n) is 8.14. The number of carboxylic acids is 1. The minimum absolute atomic E-state index is 0.204. The van der Waals surface area contributed by atoms with Crippen molar-refractivity contribution >= 4 is 20.4 Å². The Morgan fingerprint density at radius 1 is 1.23 bits per heavy atom. The van der Waals surface area contributed by atoms with Crippen LogP contribution in [0.2, 0.25) is 18.1 Å². The minimum Gasteiger partial charge on any atom is -0.478 e. The zero-order valence-corrected chi connectivity index (χ0v) is 20.4. The number of carbonyl (C=O) groups is 1. The summed E-state index contributed by atoms with van der Waals surface area (Å²) >= 11 is 0. The molecule has 166 valence electrons. The van der Waals surface area contributed by atoms with Crippen molar-refractivity contribution in [1.29, 1.82) is 0 Å². The van der Waals surface area contributed by atoms with E-state index >= 15 is 0 Å². The van der Waals surface area contributed by atoms with Gasteiger partial charge in [-0.15, -0.1) is 0 Å². The highest BCUT2D eigenvalue weighted by Gasteiger charge is 2.50. The molecule has 1 aromatic carbocycles. The maximum absolute atomic E-state index is 11.0. The molecule has 0 aliphatic carbocycles. The van der Waals surface area contributed by atoms with Crippen molar-refractivity contribution in [3.05, 3.63) is 41.5 Å². The molecule has 0 amide bonds. The van der Waals surface area contributed by atoms with Gasteiger partial charge >= 0.3 is 5.97 Å². The molecular weight excluding hydrogens is 392 g/mol. The first-order chi connectivity index (χ1) is 14.0. The lowest BCUT2D eigenvalue weighted by molar-refractivity contribution is -0.131. The Bertz CT molecular complexity index is 783. The molecule has 4 nitrogen and oxygen atoms in total. The highest BCUT2D eigenvalue weighted by molar-refractivity contribution is 6.74. The second kappa shape index (κ2) is 8.97. The molecule has 3 rings (SSSR count). The van der Waals surface area contributed by atoms with Gasteiger partial charge in [0.25, 0.3) is 0 Å². The molecule has 0 unspecified atom stereocenters. The van der Waals surface area contributed by atoms with Crippen LogP contribution in [0.5, 0.6) is 0 Å². The molecule has 2 heterocycles. The predicted molar refractivity (Wildman–Crippen MR) is 124 cm³/mol. The number of hydrogen-bond acceptors (Lipinski definition) is 3. The molecule has 5 heteroatoms. The normalized spacial score (nSPS) is 26.8. The van der Waals surface area contributed by atoms with Gasteiger partial charge in [-0.1, -0.05) is 52.0 Å². The van der Waals surface area contributed by atoms with Gasteiger partial charge in [-0.05, 0) is 66.4 Å². The average molecular weight is 431 g/mol. The average Bonchev–Trinajstić information content (AvgIpc) is 3.27. The standard InChI is InChI=1S/C25H38O4Si/c1-17(2)25(3,4)30(5,6)28-16-21-20(22-12-13-23(21)29-22)15-19-10-8-7-9-18(19)11-14-24(26)27/h7-11,14,17,20-23H,12-13,15-16H2,1-6H3,(H,26,27)/b14-11+/t20-,21+,22+,23-/m1/s1. The Balaban J connectivity index is 1.75. The molecule has 0 saturated carbocycles. The Morgan fingerprint density at radius 2 is 1.87 bits per heavy atom. The van der Waals surface area contributed by atoms with E-state index in [0.717, 1.165) is 31.4 Å². The van der Waals surface area contributed by atoms with E-state index in [1.165, 1.54) is 11.6 Å². The summed E-state index contributed by atoms with van der Waals surface area (Å²) < 4.78 is 13.1. The number of benzene rings is 1. The molecule has 0 radical (unpaired) electrons. The quantitative estimate of drug-likeness (QED) is 0.399. The topological polar surface area (TPSA) is 55.8 Å². The van der Waals surface area contributed by atoms with E-state index in [1.807, 2.05) is 18.2 Å². The number of aliphatic carboxylic acids is 1. The molecular formula is C25H38O4Si. The van der Waals surface area contributed by atoms with Crippen molar-refractivity contribution in [3.8, 4) is 0 Å². The molecule has 0 spiro atoms. The molecule has 1 aromatic rings. The molecule has 2 saturated heterocycles. The Hall–Kier alpha value is -1.43. The zero-order chi connectivity index (χ0) is 22.1. The van der Waals surface area contributed by atoms with Crippen LogP contribution >= 0.6 is 0 Å². The number of carboxylic acid groups (broad SMARTS) is 1. The van der Waals surface area contributed by atoms with Gasteiger partial charge in [0.2, 0.25) is 0 Å². The highest BCUT2D eigenvalue weighted by Crippen LogP contribution is 2.48. The van der Waals surface area contributed by atoms with Crippen LogP contribution in [0.4, 0.5) is 0 Å². The Kier molecular flexibility index (Phi) is 6.95. The van der Waals surface area contributed by atoms with Crippen LogP contribution in [0.3, 0.4) is 0 Å². The van der Waals surface area contributed by atoms with Crippen LogP contribution in [0, 0.1) is 17.8 Å². The van der Waals surface area contributed by atoms with Gasteiger partial charge < -0.3 is 14.3 Å². The fraction of sp³-hybridized carbons (Fsp3) is 0.640. The summed E-state index contributed by atoms with van der Waals surface area (Å²) in [6.07, 6.45) is 6.68. The summed E-state index contributed by atoms with van der Waals surface area (Å²) in [5.74, 6) is 0.503. The molecule has 2 fully saturated rings. The van der Waals surface area contributed by atoms with Gasteiger partial charge in [0.15, 0.2) is 8.32 Å². The van der Waals surface area contributed by atoms with E-state index in [-0.39, 0.29) is 5.04 Å². The highest BCUT2D eigenvalue weighted by atomic mass is 28.4. The van der Waals surface area contributed by atoms with Crippen molar-refractivity contribution in [2.24, 2.45) is 17.8 Å². The maximum atomic E-state index is 11.0. The van der Waals surface area contributed by atoms with Crippen molar-refractivity contribution in [3.63, 3.8) is 0 Å². The second-order valence-corrected chi connectivity index (χ2v) is 15.0. The van der Waals surface area contributed by atoms with E-state index in [0.29, 0.717) is 30.0 Å². The van der Waals surface area contributed by atoms with Crippen LogP contribution in [0.1, 0.15) is 51.7 Å². The van der Waals surface area contributed by atoms with E-state index in [1.54, 1.807) is 6.08 Å². The van der Waals surface area contributed by atoms with Crippen LogP contribution in [-0.4, -0.2) is 38.2 Å². The number of rotatable bonds is 9. The monoisotopic (exact) mass is 430 g/mol. The number of hydrogen-bond donors (Lipinski definition) is 1. The lowest BCUT2D eigenvalue weighted by atomic mass is 9.76. The zero-order valence-electron chi connectivity index (χ0n) is 19.4.